The van der Waals surface area contributed by atoms with Crippen LogP contribution in [0.3, 0.4) is 0 Å². The molecule has 0 saturated carbocycles. The van der Waals surface area contributed by atoms with Gasteiger partial charge in [-0.25, -0.2) is 0 Å². The Morgan fingerprint density at radius 3 is 2.40 bits per heavy atom. The third kappa shape index (κ3) is 3.76. The summed E-state index contributed by atoms with van der Waals surface area (Å²) in [5, 5.41) is 8.13. The first kappa shape index (κ1) is 15.4. The Bertz CT molecular complexity index is 659. The van der Waals surface area contributed by atoms with E-state index in [1.807, 2.05) is 19.1 Å². The molecule has 0 amide bonds. The van der Waals surface area contributed by atoms with Crippen LogP contribution in [0.4, 0.5) is 11.4 Å². The molecule has 0 unspecified atom stereocenters. The van der Waals surface area contributed by atoms with Gasteiger partial charge in [-0.05, 0) is 55.0 Å². The van der Waals surface area contributed by atoms with Crippen molar-refractivity contribution in [2.24, 2.45) is 0 Å². The summed E-state index contributed by atoms with van der Waals surface area (Å²) in [7, 11) is 0. The summed E-state index contributed by atoms with van der Waals surface area (Å²) in [6, 6.07) is 10.8. The zero-order chi connectivity index (χ0) is 14.7. The van der Waals surface area contributed by atoms with Crippen LogP contribution in [0, 0.1) is 6.92 Å². The molecule has 2 aromatic carbocycles. The maximum Gasteiger partial charge on any atom is 0.175 e. The Hall–Kier alpha value is -1.000. The fraction of sp³-hybridized carbons (Fsp3) is 0.0714. The molecule has 0 spiro atoms. The van der Waals surface area contributed by atoms with Crippen molar-refractivity contribution in [3.8, 4) is 0 Å². The summed E-state index contributed by atoms with van der Waals surface area (Å²) < 4.78 is 0. The third-order valence-corrected chi connectivity index (χ3v) is 3.89. The van der Waals surface area contributed by atoms with Crippen LogP contribution in [0.1, 0.15) is 5.56 Å². The van der Waals surface area contributed by atoms with E-state index in [4.69, 9.17) is 47.0 Å². The molecule has 0 aliphatic heterocycles. The van der Waals surface area contributed by atoms with Crippen molar-refractivity contribution < 1.29 is 0 Å². The summed E-state index contributed by atoms with van der Waals surface area (Å²) in [6.07, 6.45) is 0. The van der Waals surface area contributed by atoms with E-state index in [-0.39, 0.29) is 0 Å². The number of halogens is 3. The van der Waals surface area contributed by atoms with Gasteiger partial charge in [-0.15, -0.1) is 0 Å². The van der Waals surface area contributed by atoms with Crippen LogP contribution in [-0.4, -0.2) is 5.11 Å². The van der Waals surface area contributed by atoms with Gasteiger partial charge in [0, 0.05) is 10.7 Å². The van der Waals surface area contributed by atoms with Gasteiger partial charge >= 0.3 is 0 Å². The van der Waals surface area contributed by atoms with Crippen LogP contribution in [-0.2, 0) is 0 Å². The highest BCUT2D eigenvalue weighted by Crippen LogP contribution is 2.29. The molecule has 6 heteroatoms. The Morgan fingerprint density at radius 2 is 1.70 bits per heavy atom. The van der Waals surface area contributed by atoms with E-state index in [1.54, 1.807) is 24.3 Å². The zero-order valence-electron chi connectivity index (χ0n) is 10.5. The first-order chi connectivity index (χ1) is 9.47. The number of benzene rings is 2. The smallest absolute Gasteiger partial charge is 0.175 e. The highest BCUT2D eigenvalue weighted by molar-refractivity contribution is 7.80. The fourth-order valence-corrected chi connectivity index (χ4v) is 2.44. The molecule has 20 heavy (non-hydrogen) atoms. The Morgan fingerprint density at radius 1 is 1.00 bits per heavy atom. The van der Waals surface area contributed by atoms with Crippen molar-refractivity contribution >= 4 is 63.5 Å². The van der Waals surface area contributed by atoms with Crippen LogP contribution in [0.5, 0.6) is 0 Å². The quantitative estimate of drug-likeness (QED) is 0.676. The van der Waals surface area contributed by atoms with E-state index >= 15 is 0 Å². The number of anilines is 2. The third-order valence-electron chi connectivity index (χ3n) is 2.64. The van der Waals surface area contributed by atoms with Crippen LogP contribution in [0.25, 0.3) is 0 Å². The molecule has 0 heterocycles. The van der Waals surface area contributed by atoms with Crippen LogP contribution >= 0.6 is 47.0 Å². The average molecular weight is 346 g/mol. The highest BCUT2D eigenvalue weighted by Gasteiger charge is 2.07. The lowest BCUT2D eigenvalue weighted by atomic mass is 10.2. The maximum atomic E-state index is 6.09. The summed E-state index contributed by atoms with van der Waals surface area (Å²) in [6.45, 7) is 1.95. The van der Waals surface area contributed by atoms with Crippen molar-refractivity contribution in [2.75, 3.05) is 10.6 Å². The van der Waals surface area contributed by atoms with Gasteiger partial charge in [-0.1, -0.05) is 40.9 Å². The lowest BCUT2D eigenvalue weighted by molar-refractivity contribution is 1.45. The molecule has 104 valence electrons. The molecular formula is C14H11Cl3N2S. The molecule has 0 aliphatic rings. The predicted octanol–water partition coefficient (Wildman–Crippen LogP) is 5.76. The molecule has 2 nitrogen and oxygen atoms in total. The highest BCUT2D eigenvalue weighted by atomic mass is 35.5. The Kier molecular flexibility index (Phi) is 5.11. The Balaban J connectivity index is 2.11. The first-order valence-corrected chi connectivity index (χ1v) is 7.30. The molecule has 0 bridgehead atoms. The van der Waals surface area contributed by atoms with E-state index in [9.17, 15) is 0 Å². The Labute approximate surface area is 138 Å². The lowest BCUT2D eigenvalue weighted by Crippen LogP contribution is -2.19. The van der Waals surface area contributed by atoms with Gasteiger partial charge in [0.25, 0.3) is 0 Å². The summed E-state index contributed by atoms with van der Waals surface area (Å²) >= 11 is 23.2. The minimum Gasteiger partial charge on any atom is -0.332 e. The van der Waals surface area contributed by atoms with E-state index in [1.165, 1.54) is 0 Å². The number of hydrogen-bond donors (Lipinski definition) is 2. The van der Waals surface area contributed by atoms with Crippen molar-refractivity contribution in [1.29, 1.82) is 0 Å². The van der Waals surface area contributed by atoms with Crippen LogP contribution < -0.4 is 10.6 Å². The van der Waals surface area contributed by atoms with E-state index in [0.29, 0.717) is 25.9 Å². The molecule has 2 rings (SSSR count). The first-order valence-electron chi connectivity index (χ1n) is 5.75. The van der Waals surface area contributed by atoms with Gasteiger partial charge in [-0.3, -0.25) is 0 Å². The second kappa shape index (κ2) is 6.64. The van der Waals surface area contributed by atoms with Gasteiger partial charge < -0.3 is 10.6 Å². The molecule has 0 fully saturated rings. The van der Waals surface area contributed by atoms with E-state index in [0.717, 1.165) is 11.3 Å². The van der Waals surface area contributed by atoms with Gasteiger partial charge in [0.1, 0.15) is 0 Å². The SMILES string of the molecule is Cc1cc(Cl)ccc1NC(=S)Nc1cccc(Cl)c1Cl. The number of nitrogens with one attached hydrogen (secondary N) is 2. The van der Waals surface area contributed by atoms with Gasteiger partial charge in [0.2, 0.25) is 0 Å². The molecule has 0 aliphatic carbocycles. The lowest BCUT2D eigenvalue weighted by Gasteiger charge is -2.14. The normalized spacial score (nSPS) is 10.2. The predicted molar refractivity (Wildman–Crippen MR) is 92.5 cm³/mol. The fourth-order valence-electron chi connectivity index (χ4n) is 1.64. The van der Waals surface area contributed by atoms with Crippen LogP contribution in [0.2, 0.25) is 15.1 Å². The molecule has 0 radical (unpaired) electrons. The van der Waals surface area contributed by atoms with Gasteiger partial charge in [-0.2, -0.15) is 0 Å². The number of hydrogen-bond acceptors (Lipinski definition) is 1. The van der Waals surface area contributed by atoms with Crippen molar-refractivity contribution in [1.82, 2.24) is 0 Å². The number of aryl methyl sites for hydroxylation is 1. The monoisotopic (exact) mass is 344 g/mol. The second-order valence-electron chi connectivity index (χ2n) is 4.14. The molecule has 2 N–H and O–H groups in total. The molecule has 2 aromatic rings. The maximum absolute atomic E-state index is 6.09. The molecular weight excluding hydrogens is 335 g/mol. The van der Waals surface area contributed by atoms with Crippen LogP contribution in [0.15, 0.2) is 36.4 Å². The van der Waals surface area contributed by atoms with Gasteiger partial charge in [0.15, 0.2) is 5.11 Å². The van der Waals surface area contributed by atoms with Gasteiger partial charge in [0.05, 0.1) is 15.7 Å². The summed E-state index contributed by atoms with van der Waals surface area (Å²) in [5.74, 6) is 0. The van der Waals surface area contributed by atoms with Crippen molar-refractivity contribution in [3.63, 3.8) is 0 Å². The van der Waals surface area contributed by atoms with E-state index < -0.39 is 0 Å². The standard InChI is InChI=1S/C14H11Cl3N2S/c1-8-7-9(15)5-6-11(8)18-14(20)19-12-4-2-3-10(16)13(12)17/h2-7H,1H3,(H2,18,19,20). The average Bonchev–Trinajstić information content (AvgIpc) is 2.38. The zero-order valence-corrected chi connectivity index (χ0v) is 13.6. The topological polar surface area (TPSA) is 24.1 Å². The van der Waals surface area contributed by atoms with E-state index in [2.05, 4.69) is 10.6 Å². The largest absolute Gasteiger partial charge is 0.332 e. The number of rotatable bonds is 2. The minimum absolute atomic E-state index is 0.430. The molecule has 0 saturated heterocycles. The minimum atomic E-state index is 0.430. The van der Waals surface area contributed by atoms with Crippen molar-refractivity contribution in [2.45, 2.75) is 6.92 Å². The van der Waals surface area contributed by atoms with Crippen molar-refractivity contribution in [3.05, 3.63) is 57.0 Å². The summed E-state index contributed by atoms with van der Waals surface area (Å²) in [5.41, 5.74) is 2.53. The summed E-state index contributed by atoms with van der Waals surface area (Å²) in [4.78, 5) is 0. The molecule has 0 atom stereocenters. The second-order valence-corrected chi connectivity index (χ2v) is 5.77. The molecule has 0 aromatic heterocycles. The number of thiocarbonyl (C=S) groups is 1.